The van der Waals surface area contributed by atoms with E-state index in [-0.39, 0.29) is 0 Å². The van der Waals surface area contributed by atoms with E-state index in [0.29, 0.717) is 5.54 Å². The topological polar surface area (TPSA) is 12.0 Å². The van der Waals surface area contributed by atoms with Crippen LogP contribution in [0, 0.1) is 6.92 Å². The highest BCUT2D eigenvalue weighted by molar-refractivity contribution is 7.12. The van der Waals surface area contributed by atoms with Gasteiger partial charge < -0.3 is 5.32 Å². The molecule has 1 fully saturated rings. The first kappa shape index (κ1) is 9.22. The summed E-state index contributed by atoms with van der Waals surface area (Å²) >= 11 is 1.95. The minimum atomic E-state index is 0.336. The minimum absolute atomic E-state index is 0.336. The van der Waals surface area contributed by atoms with Gasteiger partial charge in [0.05, 0.1) is 0 Å². The van der Waals surface area contributed by atoms with Gasteiger partial charge in [-0.15, -0.1) is 11.3 Å². The number of aryl methyl sites for hydroxylation is 1. The van der Waals surface area contributed by atoms with Crippen LogP contribution >= 0.6 is 11.3 Å². The minimum Gasteiger partial charge on any atom is -0.311 e. The summed E-state index contributed by atoms with van der Waals surface area (Å²) in [7, 11) is 0. The second-order valence-corrected chi connectivity index (χ2v) is 5.93. The molecule has 1 saturated heterocycles. The van der Waals surface area contributed by atoms with E-state index in [1.807, 2.05) is 11.3 Å². The molecule has 1 aliphatic rings. The first-order chi connectivity index (χ1) is 6.07. The monoisotopic (exact) mass is 195 g/mol. The third-order valence-corrected chi connectivity index (χ3v) is 3.91. The highest BCUT2D eigenvalue weighted by Crippen LogP contribution is 2.34. The lowest BCUT2D eigenvalue weighted by atomic mass is 9.96. The van der Waals surface area contributed by atoms with Crippen molar-refractivity contribution in [1.29, 1.82) is 0 Å². The fourth-order valence-corrected chi connectivity index (χ4v) is 3.01. The van der Waals surface area contributed by atoms with Crippen LogP contribution < -0.4 is 5.32 Å². The molecule has 72 valence electrons. The maximum atomic E-state index is 3.56. The van der Waals surface area contributed by atoms with Gasteiger partial charge in [-0.05, 0) is 39.3 Å². The highest BCUT2D eigenvalue weighted by atomic mass is 32.1. The molecule has 1 aromatic heterocycles. The average molecular weight is 195 g/mol. The summed E-state index contributed by atoms with van der Waals surface area (Å²) in [4.78, 5) is 2.98. The van der Waals surface area contributed by atoms with Gasteiger partial charge in [-0.3, -0.25) is 0 Å². The van der Waals surface area contributed by atoms with Crippen LogP contribution in [0.1, 0.15) is 35.9 Å². The Morgan fingerprint density at radius 1 is 1.46 bits per heavy atom. The maximum absolute atomic E-state index is 3.56. The Hall–Kier alpha value is -0.340. The standard InChI is InChI=1S/C11H17NS/c1-8-4-5-10(13-8)9-6-11(2,3)12-7-9/h4-5,9,12H,6-7H2,1-3H3. The first-order valence-electron chi connectivity index (χ1n) is 4.88. The molecule has 1 N–H and O–H groups in total. The molecule has 1 unspecified atom stereocenters. The predicted octanol–water partition coefficient (Wildman–Crippen LogP) is 2.91. The van der Waals surface area contributed by atoms with Gasteiger partial charge in [0.1, 0.15) is 0 Å². The Balaban J connectivity index is 2.12. The number of thiophene rings is 1. The lowest BCUT2D eigenvalue weighted by Gasteiger charge is -2.16. The molecule has 0 amide bonds. The number of nitrogens with one attached hydrogen (secondary N) is 1. The summed E-state index contributed by atoms with van der Waals surface area (Å²) < 4.78 is 0. The van der Waals surface area contributed by atoms with Crippen molar-refractivity contribution in [3.05, 3.63) is 21.9 Å². The Morgan fingerprint density at radius 2 is 2.23 bits per heavy atom. The molecule has 2 heteroatoms. The Kier molecular flexibility index (Phi) is 2.20. The fourth-order valence-electron chi connectivity index (χ4n) is 2.03. The Morgan fingerprint density at radius 3 is 2.69 bits per heavy atom. The van der Waals surface area contributed by atoms with Crippen LogP contribution in [0.15, 0.2) is 12.1 Å². The summed E-state index contributed by atoms with van der Waals surface area (Å²) in [6.07, 6.45) is 1.27. The largest absolute Gasteiger partial charge is 0.311 e. The van der Waals surface area contributed by atoms with Crippen molar-refractivity contribution in [1.82, 2.24) is 5.32 Å². The van der Waals surface area contributed by atoms with Crippen LogP contribution in [-0.4, -0.2) is 12.1 Å². The summed E-state index contributed by atoms with van der Waals surface area (Å²) in [5, 5.41) is 3.56. The van der Waals surface area contributed by atoms with E-state index < -0.39 is 0 Å². The summed E-state index contributed by atoms with van der Waals surface area (Å²) in [6, 6.07) is 4.51. The molecule has 1 aromatic rings. The third kappa shape index (κ3) is 1.94. The molecule has 0 bridgehead atoms. The molecule has 0 radical (unpaired) electrons. The SMILES string of the molecule is Cc1ccc(C2CNC(C)(C)C2)s1. The van der Waals surface area contributed by atoms with E-state index in [2.05, 4.69) is 38.2 Å². The second-order valence-electron chi connectivity index (χ2n) is 4.61. The van der Waals surface area contributed by atoms with Gasteiger partial charge in [0.15, 0.2) is 0 Å². The van der Waals surface area contributed by atoms with Crippen molar-refractivity contribution in [3.63, 3.8) is 0 Å². The predicted molar refractivity (Wildman–Crippen MR) is 58.5 cm³/mol. The molecule has 0 saturated carbocycles. The molecule has 2 heterocycles. The van der Waals surface area contributed by atoms with Gasteiger partial charge in [0.2, 0.25) is 0 Å². The third-order valence-electron chi connectivity index (χ3n) is 2.75. The van der Waals surface area contributed by atoms with Crippen molar-refractivity contribution in [2.45, 2.75) is 38.6 Å². The molecule has 0 spiro atoms. The van der Waals surface area contributed by atoms with E-state index in [1.165, 1.54) is 11.3 Å². The highest BCUT2D eigenvalue weighted by Gasteiger charge is 2.31. The summed E-state index contributed by atoms with van der Waals surface area (Å²) in [5.41, 5.74) is 0.336. The zero-order valence-electron chi connectivity index (χ0n) is 8.55. The smallest absolute Gasteiger partial charge is 0.0132 e. The van der Waals surface area contributed by atoms with E-state index >= 15 is 0 Å². The quantitative estimate of drug-likeness (QED) is 0.726. The summed E-state index contributed by atoms with van der Waals surface area (Å²) in [6.45, 7) is 7.90. The van der Waals surface area contributed by atoms with Crippen molar-refractivity contribution in [2.24, 2.45) is 0 Å². The zero-order chi connectivity index (χ0) is 9.47. The van der Waals surface area contributed by atoms with Crippen molar-refractivity contribution in [3.8, 4) is 0 Å². The normalized spacial score (nSPS) is 26.5. The van der Waals surface area contributed by atoms with Crippen LogP contribution in [0.25, 0.3) is 0 Å². The van der Waals surface area contributed by atoms with E-state index in [1.54, 1.807) is 4.88 Å². The molecular weight excluding hydrogens is 178 g/mol. The number of hydrogen-bond acceptors (Lipinski definition) is 2. The number of hydrogen-bond donors (Lipinski definition) is 1. The molecule has 0 aliphatic carbocycles. The van der Waals surface area contributed by atoms with Gasteiger partial charge in [0, 0.05) is 27.8 Å². The van der Waals surface area contributed by atoms with Crippen LogP contribution in [0.4, 0.5) is 0 Å². The van der Waals surface area contributed by atoms with Crippen molar-refractivity contribution in [2.75, 3.05) is 6.54 Å². The van der Waals surface area contributed by atoms with Crippen LogP contribution in [0.3, 0.4) is 0 Å². The van der Waals surface area contributed by atoms with Crippen LogP contribution in [-0.2, 0) is 0 Å². The van der Waals surface area contributed by atoms with Crippen molar-refractivity contribution >= 4 is 11.3 Å². The van der Waals surface area contributed by atoms with Gasteiger partial charge in [-0.25, -0.2) is 0 Å². The average Bonchev–Trinajstić information content (AvgIpc) is 2.56. The molecule has 1 nitrogen and oxygen atoms in total. The van der Waals surface area contributed by atoms with E-state index in [9.17, 15) is 0 Å². The van der Waals surface area contributed by atoms with Gasteiger partial charge in [-0.1, -0.05) is 0 Å². The first-order valence-corrected chi connectivity index (χ1v) is 5.70. The van der Waals surface area contributed by atoms with Gasteiger partial charge in [-0.2, -0.15) is 0 Å². The van der Waals surface area contributed by atoms with Crippen LogP contribution in [0.2, 0.25) is 0 Å². The van der Waals surface area contributed by atoms with Crippen LogP contribution in [0.5, 0.6) is 0 Å². The zero-order valence-corrected chi connectivity index (χ0v) is 9.37. The Labute approximate surface area is 84.2 Å². The fraction of sp³-hybridized carbons (Fsp3) is 0.636. The molecule has 13 heavy (non-hydrogen) atoms. The molecule has 1 atom stereocenters. The Bertz CT molecular complexity index is 301. The summed E-state index contributed by atoms with van der Waals surface area (Å²) in [5.74, 6) is 0.744. The molecule has 2 rings (SSSR count). The molecular formula is C11H17NS. The van der Waals surface area contributed by atoms with Crippen molar-refractivity contribution < 1.29 is 0 Å². The van der Waals surface area contributed by atoms with Gasteiger partial charge >= 0.3 is 0 Å². The number of rotatable bonds is 1. The lowest BCUT2D eigenvalue weighted by molar-refractivity contribution is 0.456. The van der Waals surface area contributed by atoms with E-state index in [0.717, 1.165) is 12.5 Å². The lowest BCUT2D eigenvalue weighted by Crippen LogP contribution is -2.31. The molecule has 0 aromatic carbocycles. The van der Waals surface area contributed by atoms with Gasteiger partial charge in [0.25, 0.3) is 0 Å². The van der Waals surface area contributed by atoms with E-state index in [4.69, 9.17) is 0 Å². The second kappa shape index (κ2) is 3.10. The molecule has 1 aliphatic heterocycles. The maximum Gasteiger partial charge on any atom is 0.0132 e.